The minimum atomic E-state index is 0.116. The first kappa shape index (κ1) is 9.01. The van der Waals surface area contributed by atoms with Crippen molar-refractivity contribution >= 4 is 0 Å². The molecule has 0 saturated heterocycles. The molecule has 0 heterocycles. The van der Waals surface area contributed by atoms with Crippen molar-refractivity contribution in [3.8, 4) is 0 Å². The van der Waals surface area contributed by atoms with Gasteiger partial charge in [-0.1, -0.05) is 13.8 Å². The van der Waals surface area contributed by atoms with Crippen molar-refractivity contribution in [2.24, 2.45) is 11.8 Å². The summed E-state index contributed by atoms with van der Waals surface area (Å²) >= 11 is 0. The smallest absolute Gasteiger partial charge is 0.0927 e. The summed E-state index contributed by atoms with van der Waals surface area (Å²) in [6.07, 6.45) is 4.59. The third kappa shape index (κ3) is 2.46. The molecule has 11 heavy (non-hydrogen) atoms. The molecule has 0 radical (unpaired) electrons. The first-order valence-electron chi connectivity index (χ1n) is 4.54. The zero-order valence-corrected chi connectivity index (χ0v) is 7.42. The zero-order chi connectivity index (χ0) is 8.27. The molecule has 0 aliphatic heterocycles. The summed E-state index contributed by atoms with van der Waals surface area (Å²) in [6, 6.07) is 0. The fourth-order valence-electron chi connectivity index (χ4n) is 1.86. The van der Waals surface area contributed by atoms with E-state index >= 15 is 0 Å². The number of hydrogen-bond donors (Lipinski definition) is 1. The van der Waals surface area contributed by atoms with Gasteiger partial charge in [0.1, 0.15) is 0 Å². The van der Waals surface area contributed by atoms with Crippen LogP contribution in [0.1, 0.15) is 39.5 Å². The summed E-state index contributed by atoms with van der Waals surface area (Å²) in [7, 11) is 0. The quantitative estimate of drug-likeness (QED) is 0.494. The lowest BCUT2D eigenvalue weighted by Crippen LogP contribution is -2.23. The Bertz CT molecular complexity index is 104. The molecule has 1 aliphatic carbocycles. The Balaban J connectivity index is 2.24. The van der Waals surface area contributed by atoms with Gasteiger partial charge in [0, 0.05) is 0 Å². The summed E-state index contributed by atoms with van der Waals surface area (Å²) in [5, 5.41) is 8.42. The standard InChI is InChI=1S/C9H18O2/c1-7(2)8-3-5-9(11-10)6-4-8/h7-10H,3-6H2,1-2H3/t8-,9+. The maximum Gasteiger partial charge on any atom is 0.0927 e. The van der Waals surface area contributed by atoms with Crippen LogP contribution < -0.4 is 0 Å². The van der Waals surface area contributed by atoms with E-state index in [0.29, 0.717) is 0 Å². The van der Waals surface area contributed by atoms with E-state index in [1.54, 1.807) is 0 Å². The van der Waals surface area contributed by atoms with Crippen molar-refractivity contribution < 1.29 is 10.1 Å². The van der Waals surface area contributed by atoms with Crippen LogP contribution in [0.4, 0.5) is 0 Å². The van der Waals surface area contributed by atoms with Crippen LogP contribution >= 0.6 is 0 Å². The van der Waals surface area contributed by atoms with Gasteiger partial charge in [0.25, 0.3) is 0 Å². The Kier molecular flexibility index (Phi) is 3.34. The first-order valence-corrected chi connectivity index (χ1v) is 4.54. The Morgan fingerprint density at radius 1 is 1.18 bits per heavy atom. The fourth-order valence-corrected chi connectivity index (χ4v) is 1.86. The summed E-state index contributed by atoms with van der Waals surface area (Å²) < 4.78 is 0. The van der Waals surface area contributed by atoms with E-state index < -0.39 is 0 Å². The lowest BCUT2D eigenvalue weighted by Gasteiger charge is -2.28. The van der Waals surface area contributed by atoms with Crippen LogP contribution in [-0.2, 0) is 4.89 Å². The molecule has 2 nitrogen and oxygen atoms in total. The lowest BCUT2D eigenvalue weighted by molar-refractivity contribution is -0.285. The van der Waals surface area contributed by atoms with Crippen LogP contribution in [0.25, 0.3) is 0 Å². The topological polar surface area (TPSA) is 29.5 Å². The van der Waals surface area contributed by atoms with Crippen molar-refractivity contribution in [3.05, 3.63) is 0 Å². The Morgan fingerprint density at radius 3 is 2.09 bits per heavy atom. The lowest BCUT2D eigenvalue weighted by atomic mass is 9.81. The molecule has 1 fully saturated rings. The van der Waals surface area contributed by atoms with Gasteiger partial charge >= 0.3 is 0 Å². The summed E-state index contributed by atoms with van der Waals surface area (Å²) in [5.41, 5.74) is 0. The van der Waals surface area contributed by atoms with Crippen LogP contribution in [0.3, 0.4) is 0 Å². The van der Waals surface area contributed by atoms with Crippen molar-refractivity contribution in [2.45, 2.75) is 45.6 Å². The fraction of sp³-hybridized carbons (Fsp3) is 1.00. The van der Waals surface area contributed by atoms with Gasteiger partial charge in [-0.3, -0.25) is 5.26 Å². The molecule has 0 aromatic carbocycles. The van der Waals surface area contributed by atoms with Crippen molar-refractivity contribution in [1.29, 1.82) is 0 Å². The summed E-state index contributed by atoms with van der Waals surface area (Å²) in [6.45, 7) is 4.54. The Morgan fingerprint density at radius 2 is 1.73 bits per heavy atom. The van der Waals surface area contributed by atoms with Crippen LogP contribution in [0.5, 0.6) is 0 Å². The highest BCUT2D eigenvalue weighted by Gasteiger charge is 2.23. The molecule has 0 atom stereocenters. The highest BCUT2D eigenvalue weighted by Crippen LogP contribution is 2.30. The minimum Gasteiger partial charge on any atom is -0.252 e. The van der Waals surface area contributed by atoms with Gasteiger partial charge in [0.2, 0.25) is 0 Å². The molecule has 0 aromatic rings. The third-order valence-corrected chi connectivity index (χ3v) is 2.81. The SMILES string of the molecule is CC(C)[C@H]1CC[C@@H](OO)CC1. The second kappa shape index (κ2) is 4.07. The van der Waals surface area contributed by atoms with Crippen molar-refractivity contribution in [2.75, 3.05) is 0 Å². The molecule has 0 unspecified atom stereocenters. The first-order chi connectivity index (χ1) is 5.24. The van der Waals surface area contributed by atoms with E-state index in [4.69, 9.17) is 5.26 Å². The van der Waals surface area contributed by atoms with Crippen LogP contribution in [-0.4, -0.2) is 11.4 Å². The molecule has 2 heteroatoms. The zero-order valence-electron chi connectivity index (χ0n) is 7.42. The second-order valence-electron chi connectivity index (χ2n) is 3.89. The van der Waals surface area contributed by atoms with Gasteiger partial charge in [-0.2, -0.15) is 0 Å². The van der Waals surface area contributed by atoms with Crippen molar-refractivity contribution in [1.82, 2.24) is 0 Å². The van der Waals surface area contributed by atoms with Gasteiger partial charge < -0.3 is 0 Å². The molecule has 0 amide bonds. The van der Waals surface area contributed by atoms with E-state index in [1.807, 2.05) is 0 Å². The largest absolute Gasteiger partial charge is 0.252 e. The predicted molar refractivity (Wildman–Crippen MR) is 44.3 cm³/mol. The average molecular weight is 158 g/mol. The molecule has 66 valence electrons. The molecule has 0 aromatic heterocycles. The predicted octanol–water partition coefficient (Wildman–Crippen LogP) is 2.69. The van der Waals surface area contributed by atoms with Crippen LogP contribution in [0, 0.1) is 11.8 Å². The van der Waals surface area contributed by atoms with E-state index in [2.05, 4.69) is 18.7 Å². The number of rotatable bonds is 2. The molecule has 0 spiro atoms. The molecule has 1 aliphatic rings. The third-order valence-electron chi connectivity index (χ3n) is 2.81. The average Bonchev–Trinajstić information content (AvgIpc) is 2.05. The van der Waals surface area contributed by atoms with E-state index in [9.17, 15) is 0 Å². The maximum atomic E-state index is 8.42. The van der Waals surface area contributed by atoms with E-state index in [-0.39, 0.29) is 6.10 Å². The van der Waals surface area contributed by atoms with E-state index in [0.717, 1.165) is 24.7 Å². The van der Waals surface area contributed by atoms with Crippen molar-refractivity contribution in [3.63, 3.8) is 0 Å². The molecular formula is C9H18O2. The molecule has 1 rings (SSSR count). The van der Waals surface area contributed by atoms with Gasteiger partial charge in [0.15, 0.2) is 0 Å². The van der Waals surface area contributed by atoms with Gasteiger partial charge in [-0.05, 0) is 37.5 Å². The molecule has 1 N–H and O–H groups in total. The summed E-state index contributed by atoms with van der Waals surface area (Å²) in [5.74, 6) is 1.64. The number of hydrogen-bond acceptors (Lipinski definition) is 2. The molecular weight excluding hydrogens is 140 g/mol. The van der Waals surface area contributed by atoms with E-state index in [1.165, 1.54) is 12.8 Å². The van der Waals surface area contributed by atoms with Gasteiger partial charge in [0.05, 0.1) is 6.10 Å². The normalized spacial score (nSPS) is 32.7. The van der Waals surface area contributed by atoms with Gasteiger partial charge in [-0.25, -0.2) is 4.89 Å². The minimum absolute atomic E-state index is 0.116. The highest BCUT2D eigenvalue weighted by molar-refractivity contribution is 4.73. The Labute approximate surface area is 68.5 Å². The maximum absolute atomic E-state index is 8.42. The highest BCUT2D eigenvalue weighted by atomic mass is 17.1. The molecule has 1 saturated carbocycles. The van der Waals surface area contributed by atoms with Crippen LogP contribution in [0.2, 0.25) is 0 Å². The second-order valence-corrected chi connectivity index (χ2v) is 3.89. The molecule has 0 bridgehead atoms. The monoisotopic (exact) mass is 158 g/mol. The van der Waals surface area contributed by atoms with Crippen LogP contribution in [0.15, 0.2) is 0 Å². The summed E-state index contributed by atoms with van der Waals surface area (Å²) in [4.78, 5) is 4.32. The van der Waals surface area contributed by atoms with Gasteiger partial charge in [-0.15, -0.1) is 0 Å². The Hall–Kier alpha value is -0.0800.